The van der Waals surface area contributed by atoms with Crippen molar-refractivity contribution in [2.45, 2.75) is 39.7 Å². The molecule has 6 nitrogen and oxygen atoms in total. The number of carbonyl (C=O) groups excluding carboxylic acids is 3. The highest BCUT2D eigenvalue weighted by Gasteiger charge is 2.25. The number of rotatable bonds is 9. The minimum Gasteiger partial charge on any atom is -0.466 e. The molecule has 0 aliphatic rings. The molecule has 0 saturated heterocycles. The molecule has 1 unspecified atom stereocenters. The molecule has 0 fully saturated rings. The van der Waals surface area contributed by atoms with Crippen molar-refractivity contribution < 1.29 is 19.1 Å². The molecule has 1 aromatic rings. The second kappa shape index (κ2) is 10.7. The van der Waals surface area contributed by atoms with Crippen LogP contribution >= 0.6 is 11.6 Å². The van der Waals surface area contributed by atoms with Crippen LogP contribution in [0.15, 0.2) is 24.3 Å². The standard InChI is InChI=1S/C18H25ClN2O4/c1-4-25-15(22)10-7-11-20-18(24)16(12(2)3)21-17(23)13-8-5-6-9-14(13)19/h5-6,8-9,12,16H,4,7,10-11H2,1-3H3,(H,20,24)(H,21,23). The smallest absolute Gasteiger partial charge is 0.305 e. The van der Waals surface area contributed by atoms with Crippen LogP contribution < -0.4 is 10.6 Å². The summed E-state index contributed by atoms with van der Waals surface area (Å²) in [5, 5.41) is 5.79. The fourth-order valence-electron chi connectivity index (χ4n) is 2.19. The molecule has 1 aromatic carbocycles. The van der Waals surface area contributed by atoms with Crippen LogP contribution in [0, 0.1) is 5.92 Å². The minimum atomic E-state index is -0.689. The molecule has 138 valence electrons. The highest BCUT2D eigenvalue weighted by Crippen LogP contribution is 2.15. The lowest BCUT2D eigenvalue weighted by molar-refractivity contribution is -0.143. The van der Waals surface area contributed by atoms with Crippen LogP contribution in [0.2, 0.25) is 5.02 Å². The van der Waals surface area contributed by atoms with E-state index >= 15 is 0 Å². The average Bonchev–Trinajstić information content (AvgIpc) is 2.56. The first kappa shape index (κ1) is 21.0. The lowest BCUT2D eigenvalue weighted by Gasteiger charge is -2.22. The van der Waals surface area contributed by atoms with Crippen LogP contribution in [0.1, 0.15) is 44.0 Å². The van der Waals surface area contributed by atoms with Crippen LogP contribution in [0.25, 0.3) is 0 Å². The van der Waals surface area contributed by atoms with Gasteiger partial charge in [-0.1, -0.05) is 37.6 Å². The van der Waals surface area contributed by atoms with Crippen LogP contribution in [0.3, 0.4) is 0 Å². The van der Waals surface area contributed by atoms with Gasteiger partial charge in [0.25, 0.3) is 5.91 Å². The van der Waals surface area contributed by atoms with E-state index in [1.807, 2.05) is 13.8 Å². The summed E-state index contributed by atoms with van der Waals surface area (Å²) < 4.78 is 4.83. The number of hydrogen-bond acceptors (Lipinski definition) is 4. The van der Waals surface area contributed by atoms with Gasteiger partial charge in [0.05, 0.1) is 17.2 Å². The molecule has 0 aromatic heterocycles. The number of ether oxygens (including phenoxy) is 1. The van der Waals surface area contributed by atoms with Crippen LogP contribution in [0.5, 0.6) is 0 Å². The van der Waals surface area contributed by atoms with E-state index in [-0.39, 0.29) is 24.2 Å². The van der Waals surface area contributed by atoms with Crippen molar-refractivity contribution in [3.8, 4) is 0 Å². The topological polar surface area (TPSA) is 84.5 Å². The van der Waals surface area contributed by atoms with E-state index in [1.54, 1.807) is 31.2 Å². The molecular formula is C18H25ClN2O4. The third-order valence-electron chi connectivity index (χ3n) is 3.52. The molecule has 2 N–H and O–H groups in total. The normalized spacial score (nSPS) is 11.7. The monoisotopic (exact) mass is 368 g/mol. The summed E-state index contributed by atoms with van der Waals surface area (Å²) in [6, 6.07) is 5.98. The van der Waals surface area contributed by atoms with Crippen molar-refractivity contribution in [3.05, 3.63) is 34.9 Å². The maximum atomic E-state index is 12.3. The zero-order valence-corrected chi connectivity index (χ0v) is 15.6. The van der Waals surface area contributed by atoms with Gasteiger partial charge >= 0.3 is 5.97 Å². The maximum Gasteiger partial charge on any atom is 0.305 e. The van der Waals surface area contributed by atoms with Crippen LogP contribution in [-0.2, 0) is 14.3 Å². The van der Waals surface area contributed by atoms with Gasteiger partial charge in [0.2, 0.25) is 5.91 Å². The maximum absolute atomic E-state index is 12.3. The van der Waals surface area contributed by atoms with Gasteiger partial charge in [-0.2, -0.15) is 0 Å². The van der Waals surface area contributed by atoms with Gasteiger partial charge in [0.15, 0.2) is 0 Å². The second-order valence-corrected chi connectivity index (χ2v) is 6.28. The summed E-state index contributed by atoms with van der Waals surface area (Å²) >= 11 is 6.01. The third kappa shape index (κ3) is 7.13. The summed E-state index contributed by atoms with van der Waals surface area (Å²) in [6.45, 7) is 6.11. The summed E-state index contributed by atoms with van der Waals surface area (Å²) in [7, 11) is 0. The first-order valence-corrected chi connectivity index (χ1v) is 8.73. The SMILES string of the molecule is CCOC(=O)CCCNC(=O)C(NC(=O)c1ccccc1Cl)C(C)C. The van der Waals surface area contributed by atoms with Crippen LogP contribution in [0.4, 0.5) is 0 Å². The Labute approximate surface area is 153 Å². The molecular weight excluding hydrogens is 344 g/mol. The van der Waals surface area contributed by atoms with Crippen molar-refractivity contribution in [2.75, 3.05) is 13.2 Å². The number of benzene rings is 1. The van der Waals surface area contributed by atoms with Crippen molar-refractivity contribution in [3.63, 3.8) is 0 Å². The van der Waals surface area contributed by atoms with Crippen molar-refractivity contribution in [2.24, 2.45) is 5.92 Å². The molecule has 1 rings (SSSR count). The molecule has 0 radical (unpaired) electrons. The summed E-state index contributed by atoms with van der Waals surface area (Å²) in [6.07, 6.45) is 0.723. The van der Waals surface area contributed by atoms with Crippen molar-refractivity contribution in [1.82, 2.24) is 10.6 Å². The molecule has 0 bridgehead atoms. The first-order chi connectivity index (χ1) is 11.9. The first-order valence-electron chi connectivity index (χ1n) is 8.35. The van der Waals surface area contributed by atoms with Gasteiger partial charge in [-0.25, -0.2) is 0 Å². The Bertz CT molecular complexity index is 604. The Balaban J connectivity index is 2.55. The number of hydrogen-bond donors (Lipinski definition) is 2. The predicted octanol–water partition coefficient (Wildman–Crippen LogP) is 2.55. The van der Waals surface area contributed by atoms with E-state index < -0.39 is 11.9 Å². The lowest BCUT2D eigenvalue weighted by atomic mass is 10.0. The number of amides is 2. The van der Waals surface area contributed by atoms with Gasteiger partial charge in [0.1, 0.15) is 6.04 Å². The van der Waals surface area contributed by atoms with Crippen molar-refractivity contribution >= 4 is 29.4 Å². The molecule has 0 saturated carbocycles. The summed E-state index contributed by atoms with van der Waals surface area (Å²) in [4.78, 5) is 35.9. The van der Waals surface area contributed by atoms with Gasteiger partial charge in [-0.15, -0.1) is 0 Å². The fraction of sp³-hybridized carbons (Fsp3) is 0.500. The predicted molar refractivity (Wildman–Crippen MR) is 96.4 cm³/mol. The number of carbonyl (C=O) groups is 3. The number of halogens is 1. The summed E-state index contributed by atoms with van der Waals surface area (Å²) in [5.41, 5.74) is 0.324. The third-order valence-corrected chi connectivity index (χ3v) is 3.85. The Morgan fingerprint density at radius 3 is 2.48 bits per heavy atom. The van der Waals surface area contributed by atoms with Crippen LogP contribution in [-0.4, -0.2) is 37.0 Å². The Morgan fingerprint density at radius 1 is 1.20 bits per heavy atom. The second-order valence-electron chi connectivity index (χ2n) is 5.87. The zero-order chi connectivity index (χ0) is 18.8. The van der Waals surface area contributed by atoms with E-state index in [0.717, 1.165) is 0 Å². The van der Waals surface area contributed by atoms with E-state index in [1.165, 1.54) is 0 Å². The van der Waals surface area contributed by atoms with E-state index in [4.69, 9.17) is 16.3 Å². The molecule has 0 aliphatic carbocycles. The Morgan fingerprint density at radius 2 is 1.88 bits per heavy atom. The molecule has 2 amide bonds. The molecule has 0 heterocycles. The molecule has 1 atom stereocenters. The Kier molecular flexibility index (Phi) is 8.99. The molecule has 7 heteroatoms. The fourth-order valence-corrected chi connectivity index (χ4v) is 2.41. The minimum absolute atomic E-state index is 0.100. The van der Waals surface area contributed by atoms with Gasteiger partial charge < -0.3 is 15.4 Å². The van der Waals surface area contributed by atoms with Gasteiger partial charge in [-0.3, -0.25) is 14.4 Å². The number of esters is 1. The van der Waals surface area contributed by atoms with Gasteiger partial charge in [-0.05, 0) is 31.4 Å². The van der Waals surface area contributed by atoms with E-state index in [2.05, 4.69) is 10.6 Å². The highest BCUT2D eigenvalue weighted by atomic mass is 35.5. The van der Waals surface area contributed by atoms with Gasteiger partial charge in [0, 0.05) is 13.0 Å². The highest BCUT2D eigenvalue weighted by molar-refractivity contribution is 6.33. The Hall–Kier alpha value is -2.08. The average molecular weight is 369 g/mol. The van der Waals surface area contributed by atoms with Crippen molar-refractivity contribution in [1.29, 1.82) is 0 Å². The summed E-state index contributed by atoms with van der Waals surface area (Å²) in [5.74, 6) is -1.08. The molecule has 0 aliphatic heterocycles. The lowest BCUT2D eigenvalue weighted by Crippen LogP contribution is -2.50. The quantitative estimate of drug-likeness (QED) is 0.518. The van der Waals surface area contributed by atoms with E-state index in [0.29, 0.717) is 30.2 Å². The molecule has 25 heavy (non-hydrogen) atoms. The molecule has 0 spiro atoms. The number of nitrogens with one attached hydrogen (secondary N) is 2. The van der Waals surface area contributed by atoms with E-state index in [9.17, 15) is 14.4 Å². The largest absolute Gasteiger partial charge is 0.466 e. The zero-order valence-electron chi connectivity index (χ0n) is 14.8.